The predicted octanol–water partition coefficient (Wildman–Crippen LogP) is 1.39. The van der Waals surface area contributed by atoms with Crippen LogP contribution in [-0.2, 0) is 11.3 Å². The first kappa shape index (κ1) is 16.1. The molecule has 126 valence electrons. The van der Waals surface area contributed by atoms with Gasteiger partial charge >= 0.3 is 0 Å². The molecule has 3 heterocycles. The maximum atomic E-state index is 12.6. The lowest BCUT2D eigenvalue weighted by molar-refractivity contribution is -0.119. The van der Waals surface area contributed by atoms with Crippen molar-refractivity contribution in [3.8, 4) is 0 Å². The van der Waals surface area contributed by atoms with Crippen LogP contribution in [0.5, 0.6) is 0 Å². The van der Waals surface area contributed by atoms with Crippen molar-refractivity contribution in [2.75, 3.05) is 6.54 Å². The van der Waals surface area contributed by atoms with E-state index in [1.807, 2.05) is 0 Å². The fourth-order valence-electron chi connectivity index (χ4n) is 2.77. The molecule has 0 radical (unpaired) electrons. The Balaban J connectivity index is 1.79. The summed E-state index contributed by atoms with van der Waals surface area (Å²) in [5, 5.41) is 2.71. The van der Waals surface area contributed by atoms with Crippen LogP contribution in [0.2, 0.25) is 0 Å². The minimum atomic E-state index is -0.188. The molecule has 0 saturated carbocycles. The normalized spacial score (nSPS) is 17.1. The highest BCUT2D eigenvalue weighted by Crippen LogP contribution is 2.31. The number of hydrogen-bond donors (Lipinski definition) is 1. The summed E-state index contributed by atoms with van der Waals surface area (Å²) in [5.74, 6) is 0.756. The SMILES string of the molecule is CC(=O)NCc1ccnc([C@H]2CCCN2C(=O)c2coc(C)n2)n1. The maximum Gasteiger partial charge on any atom is 0.276 e. The molecule has 1 aliphatic rings. The van der Waals surface area contributed by atoms with Gasteiger partial charge in [-0.3, -0.25) is 9.59 Å². The Labute approximate surface area is 139 Å². The van der Waals surface area contributed by atoms with Gasteiger partial charge in [0.15, 0.2) is 17.4 Å². The van der Waals surface area contributed by atoms with Crippen LogP contribution in [0, 0.1) is 6.92 Å². The van der Waals surface area contributed by atoms with Crippen LogP contribution in [0.4, 0.5) is 0 Å². The largest absolute Gasteiger partial charge is 0.448 e. The van der Waals surface area contributed by atoms with Crippen molar-refractivity contribution in [2.24, 2.45) is 0 Å². The molecule has 3 rings (SSSR count). The van der Waals surface area contributed by atoms with E-state index in [1.165, 1.54) is 13.2 Å². The van der Waals surface area contributed by atoms with Gasteiger partial charge in [0, 0.05) is 26.6 Å². The molecule has 2 aromatic heterocycles. The zero-order valence-corrected chi connectivity index (χ0v) is 13.7. The van der Waals surface area contributed by atoms with Gasteiger partial charge in [0.2, 0.25) is 5.91 Å². The van der Waals surface area contributed by atoms with Crippen molar-refractivity contribution in [2.45, 2.75) is 39.3 Å². The molecule has 1 fully saturated rings. The molecule has 8 nitrogen and oxygen atoms in total. The van der Waals surface area contributed by atoms with Crippen molar-refractivity contribution in [3.63, 3.8) is 0 Å². The molecular formula is C16H19N5O3. The Morgan fingerprint density at radius 3 is 2.96 bits per heavy atom. The highest BCUT2D eigenvalue weighted by molar-refractivity contribution is 5.92. The quantitative estimate of drug-likeness (QED) is 0.909. The molecule has 0 aliphatic carbocycles. The fraction of sp³-hybridized carbons (Fsp3) is 0.438. The smallest absolute Gasteiger partial charge is 0.276 e. The molecule has 0 unspecified atom stereocenters. The van der Waals surface area contributed by atoms with E-state index in [4.69, 9.17) is 4.42 Å². The summed E-state index contributed by atoms with van der Waals surface area (Å²) in [6.45, 7) is 4.13. The van der Waals surface area contributed by atoms with E-state index in [0.29, 0.717) is 36.2 Å². The predicted molar refractivity (Wildman–Crippen MR) is 83.8 cm³/mol. The first-order valence-electron chi connectivity index (χ1n) is 7.84. The molecule has 0 bridgehead atoms. The highest BCUT2D eigenvalue weighted by atomic mass is 16.3. The van der Waals surface area contributed by atoms with Gasteiger partial charge in [0.05, 0.1) is 18.3 Å². The van der Waals surface area contributed by atoms with Crippen LogP contribution >= 0.6 is 0 Å². The second kappa shape index (κ2) is 6.77. The van der Waals surface area contributed by atoms with E-state index in [9.17, 15) is 9.59 Å². The maximum absolute atomic E-state index is 12.6. The molecule has 1 saturated heterocycles. The Morgan fingerprint density at radius 1 is 1.42 bits per heavy atom. The fourth-order valence-corrected chi connectivity index (χ4v) is 2.77. The minimum absolute atomic E-state index is 0.116. The number of aromatic nitrogens is 3. The number of aryl methyl sites for hydroxylation is 1. The number of nitrogens with zero attached hydrogens (tertiary/aromatic N) is 4. The van der Waals surface area contributed by atoms with Gasteiger partial charge in [0.25, 0.3) is 5.91 Å². The highest BCUT2D eigenvalue weighted by Gasteiger charge is 2.33. The van der Waals surface area contributed by atoms with E-state index in [1.54, 1.807) is 24.1 Å². The van der Waals surface area contributed by atoms with Crippen LogP contribution in [0.1, 0.15) is 53.7 Å². The third-order valence-corrected chi connectivity index (χ3v) is 3.90. The van der Waals surface area contributed by atoms with Gasteiger partial charge in [-0.25, -0.2) is 15.0 Å². The van der Waals surface area contributed by atoms with Gasteiger partial charge < -0.3 is 14.6 Å². The molecular weight excluding hydrogens is 310 g/mol. The average molecular weight is 329 g/mol. The molecule has 8 heteroatoms. The lowest BCUT2D eigenvalue weighted by atomic mass is 10.2. The summed E-state index contributed by atoms with van der Waals surface area (Å²) in [7, 11) is 0. The molecule has 0 aromatic carbocycles. The third kappa shape index (κ3) is 3.42. The Kier molecular flexibility index (Phi) is 4.54. The Bertz CT molecular complexity index is 758. The number of oxazole rings is 1. The average Bonchev–Trinajstić information content (AvgIpc) is 3.21. The number of rotatable bonds is 4. The standard InChI is InChI=1S/C16H19N5O3/c1-10(22)18-8-12-5-6-17-15(20-12)14-4-3-7-21(14)16(23)13-9-24-11(2)19-13/h5-6,9,14H,3-4,7-8H2,1-2H3,(H,18,22)/t14-/m1/s1. The topological polar surface area (TPSA) is 101 Å². The second-order valence-electron chi connectivity index (χ2n) is 5.72. The summed E-state index contributed by atoms with van der Waals surface area (Å²) in [6, 6.07) is 1.56. The molecule has 1 aliphatic heterocycles. The lowest BCUT2D eigenvalue weighted by Gasteiger charge is -2.22. The molecule has 1 atom stereocenters. The molecule has 2 amide bonds. The molecule has 1 N–H and O–H groups in total. The third-order valence-electron chi connectivity index (χ3n) is 3.90. The summed E-state index contributed by atoms with van der Waals surface area (Å²) >= 11 is 0. The van der Waals surface area contributed by atoms with Crippen LogP contribution in [-0.4, -0.2) is 38.2 Å². The number of amides is 2. The molecule has 24 heavy (non-hydrogen) atoms. The first-order chi connectivity index (χ1) is 11.5. The minimum Gasteiger partial charge on any atom is -0.448 e. The van der Waals surface area contributed by atoms with E-state index < -0.39 is 0 Å². The van der Waals surface area contributed by atoms with Crippen molar-refractivity contribution < 1.29 is 14.0 Å². The van der Waals surface area contributed by atoms with Gasteiger partial charge in [-0.05, 0) is 18.9 Å². The Hall–Kier alpha value is -2.77. The summed E-state index contributed by atoms with van der Waals surface area (Å²) in [6.07, 6.45) is 4.71. The second-order valence-corrected chi connectivity index (χ2v) is 5.72. The number of carbonyl (C=O) groups excluding carboxylic acids is 2. The lowest BCUT2D eigenvalue weighted by Crippen LogP contribution is -2.32. The summed E-state index contributed by atoms with van der Waals surface area (Å²) in [5.41, 5.74) is 1.01. The van der Waals surface area contributed by atoms with Crippen LogP contribution in [0.15, 0.2) is 22.9 Å². The van der Waals surface area contributed by atoms with E-state index >= 15 is 0 Å². The van der Waals surface area contributed by atoms with Crippen LogP contribution in [0.25, 0.3) is 0 Å². The zero-order chi connectivity index (χ0) is 17.1. The number of nitrogens with one attached hydrogen (secondary N) is 1. The van der Waals surface area contributed by atoms with Crippen molar-refractivity contribution in [1.29, 1.82) is 0 Å². The zero-order valence-electron chi connectivity index (χ0n) is 13.7. The first-order valence-corrected chi connectivity index (χ1v) is 7.84. The van der Waals surface area contributed by atoms with Gasteiger partial charge in [-0.1, -0.05) is 0 Å². The molecule has 2 aromatic rings. The van der Waals surface area contributed by atoms with Gasteiger partial charge in [-0.2, -0.15) is 0 Å². The summed E-state index contributed by atoms with van der Waals surface area (Å²) < 4.78 is 5.13. The van der Waals surface area contributed by atoms with Crippen molar-refractivity contribution >= 4 is 11.8 Å². The monoisotopic (exact) mass is 329 g/mol. The molecule has 0 spiro atoms. The number of likely N-dealkylation sites (tertiary alicyclic amines) is 1. The van der Waals surface area contributed by atoms with Crippen molar-refractivity contribution in [1.82, 2.24) is 25.2 Å². The van der Waals surface area contributed by atoms with Crippen LogP contribution < -0.4 is 5.32 Å². The number of hydrogen-bond acceptors (Lipinski definition) is 6. The van der Waals surface area contributed by atoms with Crippen LogP contribution in [0.3, 0.4) is 0 Å². The van der Waals surface area contributed by atoms with E-state index in [0.717, 1.165) is 12.8 Å². The van der Waals surface area contributed by atoms with Crippen molar-refractivity contribution in [3.05, 3.63) is 41.6 Å². The van der Waals surface area contributed by atoms with Gasteiger partial charge in [-0.15, -0.1) is 0 Å². The summed E-state index contributed by atoms with van der Waals surface area (Å²) in [4.78, 5) is 38.3. The van der Waals surface area contributed by atoms with E-state index in [-0.39, 0.29) is 17.9 Å². The van der Waals surface area contributed by atoms with E-state index in [2.05, 4.69) is 20.3 Å². The Morgan fingerprint density at radius 2 is 2.25 bits per heavy atom. The van der Waals surface area contributed by atoms with Gasteiger partial charge in [0.1, 0.15) is 6.26 Å². The number of carbonyl (C=O) groups is 2.